The number of aryl methyl sites for hydroxylation is 1. The van der Waals surface area contributed by atoms with Gasteiger partial charge >= 0.3 is 5.97 Å². The van der Waals surface area contributed by atoms with Crippen LogP contribution in [-0.2, 0) is 4.79 Å². The van der Waals surface area contributed by atoms with Crippen LogP contribution in [0.15, 0.2) is 6.07 Å². The van der Waals surface area contributed by atoms with Crippen molar-refractivity contribution in [1.82, 2.24) is 0 Å². The molecule has 0 saturated heterocycles. The molecular formula is C11H13O2. The second-order valence-electron chi connectivity index (χ2n) is 3.12. The second-order valence-corrected chi connectivity index (χ2v) is 3.12. The first-order valence-corrected chi connectivity index (χ1v) is 4.19. The number of ether oxygens (including phenoxy) is 1. The third-order valence-electron chi connectivity index (χ3n) is 2.17. The molecule has 1 aromatic carbocycles. The van der Waals surface area contributed by atoms with E-state index in [0.29, 0.717) is 5.75 Å². The summed E-state index contributed by atoms with van der Waals surface area (Å²) in [6.07, 6.45) is 0. The first-order valence-electron chi connectivity index (χ1n) is 4.19. The lowest BCUT2D eigenvalue weighted by molar-refractivity contribution is -0.131. The predicted molar refractivity (Wildman–Crippen MR) is 50.8 cm³/mol. The molecule has 0 heterocycles. The zero-order valence-corrected chi connectivity index (χ0v) is 8.39. The van der Waals surface area contributed by atoms with Crippen LogP contribution in [0.4, 0.5) is 0 Å². The van der Waals surface area contributed by atoms with Gasteiger partial charge in [-0.25, -0.2) is 0 Å². The number of rotatable bonds is 1. The lowest BCUT2D eigenvalue weighted by Gasteiger charge is -2.09. The van der Waals surface area contributed by atoms with E-state index in [1.807, 2.05) is 20.8 Å². The number of carbonyl (C=O) groups is 1. The van der Waals surface area contributed by atoms with Gasteiger partial charge < -0.3 is 4.74 Å². The third kappa shape index (κ3) is 2.08. The van der Waals surface area contributed by atoms with Gasteiger partial charge in [-0.15, -0.1) is 0 Å². The number of carbonyl (C=O) groups excluding carboxylic acids is 1. The van der Waals surface area contributed by atoms with Crippen LogP contribution in [0.3, 0.4) is 0 Å². The molecule has 0 aromatic heterocycles. The number of esters is 1. The zero-order valence-electron chi connectivity index (χ0n) is 8.39. The predicted octanol–water partition coefficient (Wildman–Crippen LogP) is 2.34. The van der Waals surface area contributed by atoms with Crippen LogP contribution in [0.2, 0.25) is 0 Å². The normalized spacial score (nSPS) is 9.85. The van der Waals surface area contributed by atoms with Crippen LogP contribution in [0.5, 0.6) is 5.75 Å². The van der Waals surface area contributed by atoms with Crippen LogP contribution >= 0.6 is 0 Å². The van der Waals surface area contributed by atoms with Crippen LogP contribution in [-0.4, -0.2) is 5.97 Å². The molecule has 0 N–H and O–H groups in total. The van der Waals surface area contributed by atoms with Gasteiger partial charge in [0.15, 0.2) is 0 Å². The van der Waals surface area contributed by atoms with E-state index in [1.54, 1.807) is 6.07 Å². The summed E-state index contributed by atoms with van der Waals surface area (Å²) in [4.78, 5) is 10.7. The Labute approximate surface area is 78.5 Å². The minimum atomic E-state index is -0.292. The van der Waals surface area contributed by atoms with E-state index < -0.39 is 0 Å². The Morgan fingerprint density at radius 2 is 1.92 bits per heavy atom. The van der Waals surface area contributed by atoms with Gasteiger partial charge in [0, 0.05) is 6.92 Å². The lowest BCUT2D eigenvalue weighted by atomic mass is 10.0. The molecule has 0 saturated carbocycles. The Balaban J connectivity index is 3.10. The smallest absolute Gasteiger partial charge is 0.308 e. The molecule has 2 heteroatoms. The van der Waals surface area contributed by atoms with Crippen LogP contribution in [0, 0.1) is 26.8 Å². The van der Waals surface area contributed by atoms with E-state index in [0.717, 1.165) is 16.7 Å². The van der Waals surface area contributed by atoms with Crippen molar-refractivity contribution in [2.24, 2.45) is 0 Å². The molecule has 0 unspecified atom stereocenters. The lowest BCUT2D eigenvalue weighted by Crippen LogP contribution is -2.04. The monoisotopic (exact) mass is 177 g/mol. The largest absolute Gasteiger partial charge is 0.426 e. The summed E-state index contributed by atoms with van der Waals surface area (Å²) < 4.78 is 5.01. The highest BCUT2D eigenvalue weighted by atomic mass is 16.5. The number of hydrogen-bond donors (Lipinski definition) is 0. The van der Waals surface area contributed by atoms with Crippen molar-refractivity contribution < 1.29 is 9.53 Å². The zero-order chi connectivity index (χ0) is 10.0. The average Bonchev–Trinajstić information content (AvgIpc) is 2.06. The molecular weight excluding hydrogens is 164 g/mol. The highest BCUT2D eigenvalue weighted by molar-refractivity contribution is 5.70. The molecule has 0 aliphatic rings. The van der Waals surface area contributed by atoms with Crippen molar-refractivity contribution in [2.75, 3.05) is 0 Å². The maximum Gasteiger partial charge on any atom is 0.308 e. The molecule has 0 spiro atoms. The maximum absolute atomic E-state index is 10.7. The van der Waals surface area contributed by atoms with Gasteiger partial charge in [-0.05, 0) is 49.6 Å². The second kappa shape index (κ2) is 3.60. The molecule has 1 radical (unpaired) electrons. The molecule has 0 atom stereocenters. The molecule has 69 valence electrons. The minimum Gasteiger partial charge on any atom is -0.426 e. The number of hydrogen-bond acceptors (Lipinski definition) is 2. The molecule has 0 bridgehead atoms. The SMILES string of the molecule is CC(=O)Oc1c[c]c(C)c(C)c1C. The van der Waals surface area contributed by atoms with E-state index in [-0.39, 0.29) is 5.97 Å². The van der Waals surface area contributed by atoms with Crippen molar-refractivity contribution in [3.05, 3.63) is 28.8 Å². The van der Waals surface area contributed by atoms with Gasteiger partial charge in [0.25, 0.3) is 0 Å². The van der Waals surface area contributed by atoms with Crippen LogP contribution in [0.25, 0.3) is 0 Å². The van der Waals surface area contributed by atoms with Gasteiger partial charge in [-0.3, -0.25) is 4.79 Å². The average molecular weight is 177 g/mol. The van der Waals surface area contributed by atoms with E-state index in [1.165, 1.54) is 6.92 Å². The van der Waals surface area contributed by atoms with E-state index in [4.69, 9.17) is 4.74 Å². The van der Waals surface area contributed by atoms with Crippen molar-refractivity contribution >= 4 is 5.97 Å². The Morgan fingerprint density at radius 3 is 2.46 bits per heavy atom. The quantitative estimate of drug-likeness (QED) is 0.486. The fourth-order valence-electron chi connectivity index (χ4n) is 1.12. The molecule has 0 amide bonds. The molecule has 2 nitrogen and oxygen atoms in total. The summed E-state index contributed by atoms with van der Waals surface area (Å²) in [6.45, 7) is 7.32. The van der Waals surface area contributed by atoms with Crippen LogP contribution < -0.4 is 4.74 Å². The van der Waals surface area contributed by atoms with Crippen molar-refractivity contribution in [1.29, 1.82) is 0 Å². The highest BCUT2D eigenvalue weighted by Crippen LogP contribution is 2.23. The third-order valence-corrected chi connectivity index (χ3v) is 2.17. The summed E-state index contributed by atoms with van der Waals surface area (Å²) in [7, 11) is 0. The van der Waals surface area contributed by atoms with E-state index >= 15 is 0 Å². The highest BCUT2D eigenvalue weighted by Gasteiger charge is 2.06. The Bertz CT molecular complexity index is 340. The fourth-order valence-corrected chi connectivity index (χ4v) is 1.12. The Morgan fingerprint density at radius 1 is 1.31 bits per heavy atom. The molecule has 0 fully saturated rings. The van der Waals surface area contributed by atoms with Crippen LogP contribution in [0.1, 0.15) is 23.6 Å². The summed E-state index contributed by atoms with van der Waals surface area (Å²) in [5, 5.41) is 0. The van der Waals surface area contributed by atoms with Crippen molar-refractivity contribution in [3.63, 3.8) is 0 Å². The molecule has 0 aliphatic heterocycles. The molecule has 1 aromatic rings. The minimum absolute atomic E-state index is 0.292. The van der Waals surface area contributed by atoms with E-state index in [9.17, 15) is 4.79 Å². The summed E-state index contributed by atoms with van der Waals surface area (Å²) in [5.41, 5.74) is 3.22. The van der Waals surface area contributed by atoms with Gasteiger partial charge in [-0.2, -0.15) is 0 Å². The summed E-state index contributed by atoms with van der Waals surface area (Å²) >= 11 is 0. The summed E-state index contributed by atoms with van der Waals surface area (Å²) in [5.74, 6) is 0.315. The fraction of sp³-hybridized carbons (Fsp3) is 0.364. The standard InChI is InChI=1S/C11H13O2/c1-7-5-6-11(13-10(4)12)9(3)8(7)2/h6H,1-4H3. The van der Waals surface area contributed by atoms with Gasteiger partial charge in [0.1, 0.15) is 5.75 Å². The topological polar surface area (TPSA) is 26.3 Å². The number of benzene rings is 1. The first-order chi connectivity index (χ1) is 6.02. The first kappa shape index (κ1) is 9.78. The van der Waals surface area contributed by atoms with Gasteiger partial charge in [-0.1, -0.05) is 0 Å². The van der Waals surface area contributed by atoms with Gasteiger partial charge in [0.05, 0.1) is 0 Å². The van der Waals surface area contributed by atoms with Gasteiger partial charge in [0.2, 0.25) is 0 Å². The Hall–Kier alpha value is -1.31. The van der Waals surface area contributed by atoms with Crippen molar-refractivity contribution in [3.8, 4) is 5.75 Å². The van der Waals surface area contributed by atoms with E-state index in [2.05, 4.69) is 6.07 Å². The molecule has 13 heavy (non-hydrogen) atoms. The maximum atomic E-state index is 10.7. The Kier molecular flexibility index (Phi) is 2.71. The summed E-state index contributed by atoms with van der Waals surface area (Å²) in [6, 6.07) is 4.74. The molecule has 1 rings (SSSR count). The van der Waals surface area contributed by atoms with Crippen molar-refractivity contribution in [2.45, 2.75) is 27.7 Å². The molecule has 0 aliphatic carbocycles.